The topological polar surface area (TPSA) is 84.9 Å². The highest BCUT2D eigenvalue weighted by atomic mass is 16.5. The van der Waals surface area contributed by atoms with Gasteiger partial charge in [0.2, 0.25) is 11.8 Å². The third-order valence-electron chi connectivity index (χ3n) is 6.43. The van der Waals surface area contributed by atoms with Crippen LogP contribution >= 0.6 is 0 Å². The van der Waals surface area contributed by atoms with Crippen molar-refractivity contribution in [1.82, 2.24) is 10.2 Å². The van der Waals surface area contributed by atoms with E-state index in [1.807, 2.05) is 30.3 Å². The maximum Gasteiger partial charge on any atom is 0.318 e. The van der Waals surface area contributed by atoms with E-state index in [9.17, 15) is 14.4 Å². The number of nitrogens with one attached hydrogen (secondary N) is 1. The molecule has 1 heterocycles. The Morgan fingerprint density at radius 1 is 1.28 bits per heavy atom. The number of para-hydroxylation sites is 1. The number of ether oxygens (including phenoxy) is 2. The average molecular weight is 441 g/mol. The number of likely N-dealkylation sites (tertiary alicyclic amines) is 1. The van der Waals surface area contributed by atoms with Crippen molar-refractivity contribution in [3.05, 3.63) is 54.3 Å². The fourth-order valence-corrected chi connectivity index (χ4v) is 4.93. The number of benzene rings is 1. The second kappa shape index (κ2) is 10.5. The number of esters is 1. The van der Waals surface area contributed by atoms with Crippen molar-refractivity contribution in [2.24, 2.45) is 11.3 Å². The molecule has 1 fully saturated rings. The lowest BCUT2D eigenvalue weighted by Crippen LogP contribution is -2.41. The minimum atomic E-state index is -1.12. The molecular weight excluding hydrogens is 408 g/mol. The molecule has 0 bridgehead atoms. The van der Waals surface area contributed by atoms with Gasteiger partial charge in [-0.2, -0.15) is 0 Å². The van der Waals surface area contributed by atoms with E-state index in [1.165, 1.54) is 7.11 Å². The van der Waals surface area contributed by atoms with Crippen LogP contribution in [-0.2, 0) is 25.5 Å². The van der Waals surface area contributed by atoms with Crippen LogP contribution in [0.25, 0.3) is 0 Å². The molecule has 0 saturated carbocycles. The summed E-state index contributed by atoms with van der Waals surface area (Å²) in [4.78, 5) is 40.9. The van der Waals surface area contributed by atoms with Crippen LogP contribution in [0.3, 0.4) is 0 Å². The molecule has 32 heavy (non-hydrogen) atoms. The molecule has 7 heteroatoms. The van der Waals surface area contributed by atoms with E-state index in [2.05, 4.69) is 11.9 Å². The van der Waals surface area contributed by atoms with E-state index in [0.717, 1.165) is 30.6 Å². The smallest absolute Gasteiger partial charge is 0.318 e. The Hall–Kier alpha value is -3.09. The number of carbonyl (C=O) groups excluding carboxylic acids is 3. The third-order valence-corrected chi connectivity index (χ3v) is 6.43. The van der Waals surface area contributed by atoms with Crippen LogP contribution in [0.5, 0.6) is 5.75 Å². The summed E-state index contributed by atoms with van der Waals surface area (Å²) in [5.41, 5.74) is 0.536. The van der Waals surface area contributed by atoms with Crippen molar-refractivity contribution in [2.45, 2.75) is 38.5 Å². The molecule has 2 aliphatic rings. The molecule has 1 saturated heterocycles. The van der Waals surface area contributed by atoms with Gasteiger partial charge in [0.15, 0.2) is 0 Å². The number of methoxy groups -OCH3 is 2. The number of fused-ring (bicyclic) bond motifs is 1. The molecular formula is C25H32N2O5. The van der Waals surface area contributed by atoms with E-state index in [0.29, 0.717) is 31.6 Å². The summed E-state index contributed by atoms with van der Waals surface area (Å²) >= 11 is 0. The van der Waals surface area contributed by atoms with Crippen LogP contribution in [0.15, 0.2) is 48.7 Å². The van der Waals surface area contributed by atoms with Gasteiger partial charge in [0, 0.05) is 25.2 Å². The van der Waals surface area contributed by atoms with Crippen LogP contribution in [0.4, 0.5) is 0 Å². The van der Waals surface area contributed by atoms with Gasteiger partial charge in [0.05, 0.1) is 20.1 Å². The summed E-state index contributed by atoms with van der Waals surface area (Å²) in [6, 6.07) is 7.65. The number of rotatable bonds is 9. The van der Waals surface area contributed by atoms with Gasteiger partial charge in [-0.05, 0) is 37.3 Å². The fraction of sp³-hybridized carbons (Fsp3) is 0.480. The molecule has 1 aliphatic heterocycles. The van der Waals surface area contributed by atoms with Crippen molar-refractivity contribution >= 4 is 17.8 Å². The average Bonchev–Trinajstić information content (AvgIpc) is 2.94. The molecule has 0 radical (unpaired) electrons. The molecule has 7 nitrogen and oxygen atoms in total. The zero-order chi connectivity index (χ0) is 23.1. The molecule has 0 unspecified atom stereocenters. The molecule has 172 valence electrons. The normalized spacial score (nSPS) is 22.4. The Bertz CT molecular complexity index is 909. The molecule has 2 atom stereocenters. The first-order valence-corrected chi connectivity index (χ1v) is 11.1. The van der Waals surface area contributed by atoms with Crippen molar-refractivity contribution in [3.63, 3.8) is 0 Å². The lowest BCUT2D eigenvalue weighted by molar-refractivity contribution is -0.155. The third kappa shape index (κ3) is 4.42. The number of allylic oxidation sites excluding steroid dienone is 1. The zero-order valence-corrected chi connectivity index (χ0v) is 18.9. The Balaban J connectivity index is 1.78. The summed E-state index contributed by atoms with van der Waals surface area (Å²) in [6.45, 7) is 4.46. The van der Waals surface area contributed by atoms with Crippen molar-refractivity contribution in [1.29, 1.82) is 0 Å². The molecule has 1 aromatic carbocycles. The number of amides is 2. The first kappa shape index (κ1) is 23.6. The lowest BCUT2D eigenvalue weighted by Gasteiger charge is -2.31. The van der Waals surface area contributed by atoms with Crippen LogP contribution in [0, 0.1) is 11.3 Å². The number of nitrogens with zero attached hydrogens (tertiary/aromatic N) is 1. The fourth-order valence-electron chi connectivity index (χ4n) is 4.93. The predicted molar refractivity (Wildman–Crippen MR) is 121 cm³/mol. The van der Waals surface area contributed by atoms with Crippen LogP contribution < -0.4 is 10.1 Å². The summed E-state index contributed by atoms with van der Waals surface area (Å²) in [6.07, 6.45) is 7.13. The van der Waals surface area contributed by atoms with Gasteiger partial charge in [-0.15, -0.1) is 6.58 Å². The summed E-state index contributed by atoms with van der Waals surface area (Å²) in [7, 11) is 2.95. The van der Waals surface area contributed by atoms with E-state index < -0.39 is 17.3 Å². The quantitative estimate of drug-likeness (QED) is 0.471. The maximum atomic E-state index is 13.3. The van der Waals surface area contributed by atoms with Gasteiger partial charge in [0.25, 0.3) is 0 Å². The highest BCUT2D eigenvalue weighted by molar-refractivity contribution is 5.98. The number of carbonyl (C=O) groups is 3. The van der Waals surface area contributed by atoms with Crippen LogP contribution in [-0.4, -0.2) is 50.0 Å². The van der Waals surface area contributed by atoms with Crippen LogP contribution in [0.1, 0.15) is 37.7 Å². The Kier molecular flexibility index (Phi) is 7.72. The molecule has 0 aromatic heterocycles. The molecule has 1 aromatic rings. The molecule has 2 amide bonds. The standard InChI is InChI=1S/C25H32N2O5/c1-4-16-27-21-12-6-5-9-14-25(21,24(30)32-3)19(23(27)29)17-22(28)26-15-13-18-10-7-8-11-20(18)31-2/h4,7-8,10-12,19H,1,5-6,9,13-17H2,2-3H3,(H,26,28)/t19-,25-/m1/s1. The lowest BCUT2D eigenvalue weighted by atomic mass is 9.71. The van der Waals surface area contributed by atoms with Gasteiger partial charge in [-0.25, -0.2) is 0 Å². The van der Waals surface area contributed by atoms with Crippen molar-refractivity contribution in [2.75, 3.05) is 27.3 Å². The van der Waals surface area contributed by atoms with Crippen molar-refractivity contribution in [3.8, 4) is 5.75 Å². The highest BCUT2D eigenvalue weighted by Gasteiger charge is 2.61. The molecule has 1 N–H and O–H groups in total. The summed E-state index contributed by atoms with van der Waals surface area (Å²) in [5.74, 6) is -0.942. The zero-order valence-electron chi connectivity index (χ0n) is 18.9. The van der Waals surface area contributed by atoms with Gasteiger partial charge >= 0.3 is 5.97 Å². The Morgan fingerprint density at radius 3 is 2.78 bits per heavy atom. The monoisotopic (exact) mass is 440 g/mol. The van der Waals surface area contributed by atoms with Crippen molar-refractivity contribution < 1.29 is 23.9 Å². The number of hydrogen-bond donors (Lipinski definition) is 1. The van der Waals surface area contributed by atoms with E-state index in [4.69, 9.17) is 9.47 Å². The first-order chi connectivity index (χ1) is 15.5. The van der Waals surface area contributed by atoms with Gasteiger partial charge < -0.3 is 19.7 Å². The number of hydrogen-bond acceptors (Lipinski definition) is 5. The van der Waals surface area contributed by atoms with Crippen LogP contribution in [0.2, 0.25) is 0 Å². The Labute approximate surface area is 189 Å². The maximum absolute atomic E-state index is 13.3. The van der Waals surface area contributed by atoms with E-state index >= 15 is 0 Å². The molecule has 1 aliphatic carbocycles. The summed E-state index contributed by atoms with van der Waals surface area (Å²) in [5, 5.41) is 2.91. The second-order valence-corrected chi connectivity index (χ2v) is 8.20. The second-order valence-electron chi connectivity index (χ2n) is 8.20. The largest absolute Gasteiger partial charge is 0.496 e. The Morgan fingerprint density at radius 2 is 2.06 bits per heavy atom. The minimum absolute atomic E-state index is 0.0646. The van der Waals surface area contributed by atoms with Gasteiger partial charge in [0.1, 0.15) is 11.2 Å². The first-order valence-electron chi connectivity index (χ1n) is 11.1. The summed E-state index contributed by atoms with van der Waals surface area (Å²) < 4.78 is 10.5. The van der Waals surface area contributed by atoms with E-state index in [-0.39, 0.29) is 18.2 Å². The molecule has 3 rings (SSSR count). The SMILES string of the molecule is C=CCN1C(=O)[C@@H](CC(=O)NCCc2ccccc2OC)[C@]2(C(=O)OC)CCCCC=C12. The molecule has 0 spiro atoms. The highest BCUT2D eigenvalue weighted by Crippen LogP contribution is 2.52. The minimum Gasteiger partial charge on any atom is -0.496 e. The predicted octanol–water partition coefficient (Wildman–Crippen LogP) is 3.01. The van der Waals surface area contributed by atoms with E-state index in [1.54, 1.807) is 18.1 Å². The van der Waals surface area contributed by atoms with Gasteiger partial charge in [-0.1, -0.05) is 36.8 Å². The van der Waals surface area contributed by atoms with Gasteiger partial charge in [-0.3, -0.25) is 14.4 Å².